The van der Waals surface area contributed by atoms with Crippen LogP contribution in [0.25, 0.3) is 0 Å². The second-order valence-electron chi connectivity index (χ2n) is 3.89. The van der Waals surface area contributed by atoms with E-state index in [4.69, 9.17) is 4.52 Å². The summed E-state index contributed by atoms with van der Waals surface area (Å²) in [4.78, 5) is 0. The number of hydrogen-bond donors (Lipinski definition) is 0. The van der Waals surface area contributed by atoms with Gasteiger partial charge in [0.1, 0.15) is 11.5 Å². The van der Waals surface area contributed by atoms with Crippen LogP contribution in [0.4, 0.5) is 0 Å². The van der Waals surface area contributed by atoms with Gasteiger partial charge in [-0.2, -0.15) is 4.31 Å². The average molecular weight is 230 g/mol. The quantitative estimate of drug-likeness (QED) is 0.762. The Morgan fingerprint density at radius 1 is 1.60 bits per heavy atom. The summed E-state index contributed by atoms with van der Waals surface area (Å²) in [6.07, 6.45) is 2.93. The van der Waals surface area contributed by atoms with Crippen LogP contribution in [-0.2, 0) is 10.0 Å². The highest BCUT2D eigenvalue weighted by atomic mass is 32.2. The summed E-state index contributed by atoms with van der Waals surface area (Å²) in [7, 11) is -3.14. The highest BCUT2D eigenvalue weighted by molar-refractivity contribution is 7.88. The molecule has 1 aromatic heterocycles. The highest BCUT2D eigenvalue weighted by Crippen LogP contribution is 2.33. The summed E-state index contributed by atoms with van der Waals surface area (Å²) < 4.78 is 29.4. The van der Waals surface area contributed by atoms with Gasteiger partial charge in [-0.1, -0.05) is 5.16 Å². The first-order valence-electron chi connectivity index (χ1n) is 4.88. The Hall–Kier alpha value is -0.880. The maximum absolute atomic E-state index is 11.5. The van der Waals surface area contributed by atoms with E-state index in [0.717, 1.165) is 18.5 Å². The molecule has 0 aromatic carbocycles. The molecule has 0 aliphatic carbocycles. The molecule has 6 heteroatoms. The van der Waals surface area contributed by atoms with Crippen molar-refractivity contribution in [2.24, 2.45) is 0 Å². The van der Waals surface area contributed by atoms with E-state index >= 15 is 0 Å². The SMILES string of the molecule is Cc1cc(C2CCCN2S(C)(=O)=O)no1. The number of rotatable bonds is 2. The molecule has 0 saturated carbocycles. The number of aromatic nitrogens is 1. The zero-order valence-corrected chi connectivity index (χ0v) is 9.62. The largest absolute Gasteiger partial charge is 0.361 e. The van der Waals surface area contributed by atoms with Crippen LogP contribution < -0.4 is 0 Å². The van der Waals surface area contributed by atoms with E-state index < -0.39 is 10.0 Å². The molecular formula is C9H14N2O3S. The van der Waals surface area contributed by atoms with E-state index in [-0.39, 0.29) is 6.04 Å². The van der Waals surface area contributed by atoms with E-state index in [2.05, 4.69) is 5.16 Å². The fraction of sp³-hybridized carbons (Fsp3) is 0.667. The van der Waals surface area contributed by atoms with Gasteiger partial charge >= 0.3 is 0 Å². The zero-order chi connectivity index (χ0) is 11.1. The molecule has 1 atom stereocenters. The topological polar surface area (TPSA) is 63.4 Å². The van der Waals surface area contributed by atoms with Crippen LogP contribution in [0, 0.1) is 6.92 Å². The fourth-order valence-corrected chi connectivity index (χ4v) is 3.11. The first-order valence-corrected chi connectivity index (χ1v) is 6.73. The maximum Gasteiger partial charge on any atom is 0.211 e. The minimum atomic E-state index is -3.14. The molecule has 0 bridgehead atoms. The number of hydrogen-bond acceptors (Lipinski definition) is 4. The summed E-state index contributed by atoms with van der Waals surface area (Å²) in [6.45, 7) is 2.38. The lowest BCUT2D eigenvalue weighted by Crippen LogP contribution is -2.29. The van der Waals surface area contributed by atoms with Gasteiger partial charge in [-0.3, -0.25) is 0 Å². The van der Waals surface area contributed by atoms with Crippen LogP contribution in [0.1, 0.15) is 30.3 Å². The van der Waals surface area contributed by atoms with Crippen LogP contribution in [0.2, 0.25) is 0 Å². The van der Waals surface area contributed by atoms with Crippen molar-refractivity contribution < 1.29 is 12.9 Å². The number of aryl methyl sites for hydroxylation is 1. The van der Waals surface area contributed by atoms with Crippen molar-refractivity contribution in [3.05, 3.63) is 17.5 Å². The molecule has 0 N–H and O–H groups in total. The monoisotopic (exact) mass is 230 g/mol. The first kappa shape index (κ1) is 10.6. The molecule has 1 aromatic rings. The molecule has 84 valence electrons. The van der Waals surface area contributed by atoms with Crippen LogP contribution in [0.3, 0.4) is 0 Å². The van der Waals surface area contributed by atoms with Crippen molar-refractivity contribution in [3.8, 4) is 0 Å². The zero-order valence-electron chi connectivity index (χ0n) is 8.80. The third-order valence-electron chi connectivity index (χ3n) is 2.62. The second-order valence-corrected chi connectivity index (χ2v) is 5.83. The first-order chi connectivity index (χ1) is 6.98. The Morgan fingerprint density at radius 2 is 2.33 bits per heavy atom. The van der Waals surface area contributed by atoms with E-state index in [0.29, 0.717) is 12.3 Å². The predicted molar refractivity (Wildman–Crippen MR) is 54.8 cm³/mol. The van der Waals surface area contributed by atoms with E-state index in [1.54, 1.807) is 13.0 Å². The van der Waals surface area contributed by atoms with Crippen molar-refractivity contribution >= 4 is 10.0 Å². The molecule has 1 aliphatic rings. The van der Waals surface area contributed by atoms with Gasteiger partial charge in [0.25, 0.3) is 0 Å². The van der Waals surface area contributed by atoms with Crippen molar-refractivity contribution in [3.63, 3.8) is 0 Å². The molecule has 15 heavy (non-hydrogen) atoms. The van der Waals surface area contributed by atoms with Crippen LogP contribution in [0.15, 0.2) is 10.6 Å². The van der Waals surface area contributed by atoms with Gasteiger partial charge in [0.15, 0.2) is 0 Å². The van der Waals surface area contributed by atoms with Gasteiger partial charge in [0, 0.05) is 12.6 Å². The minimum Gasteiger partial charge on any atom is -0.361 e. The van der Waals surface area contributed by atoms with E-state index in [1.807, 2.05) is 0 Å². The second kappa shape index (κ2) is 3.61. The van der Waals surface area contributed by atoms with E-state index in [9.17, 15) is 8.42 Å². The van der Waals surface area contributed by atoms with Gasteiger partial charge in [0.2, 0.25) is 10.0 Å². The lowest BCUT2D eigenvalue weighted by Gasteiger charge is -2.19. The third-order valence-corrected chi connectivity index (χ3v) is 3.91. The fourth-order valence-electron chi connectivity index (χ4n) is 1.98. The Balaban J connectivity index is 2.30. The van der Waals surface area contributed by atoms with Gasteiger partial charge in [-0.05, 0) is 19.8 Å². The molecule has 1 unspecified atom stereocenters. The molecule has 0 amide bonds. The molecule has 1 aliphatic heterocycles. The summed E-state index contributed by atoms with van der Waals surface area (Å²) in [6, 6.07) is 1.66. The predicted octanol–water partition coefficient (Wildman–Crippen LogP) is 1.08. The summed E-state index contributed by atoms with van der Waals surface area (Å²) >= 11 is 0. The Morgan fingerprint density at radius 3 is 2.87 bits per heavy atom. The van der Waals surface area contributed by atoms with Crippen LogP contribution in [0.5, 0.6) is 0 Å². The number of nitrogens with zero attached hydrogens (tertiary/aromatic N) is 2. The highest BCUT2D eigenvalue weighted by Gasteiger charge is 2.34. The third kappa shape index (κ3) is 2.05. The lowest BCUT2D eigenvalue weighted by atomic mass is 10.1. The molecule has 0 spiro atoms. The van der Waals surface area contributed by atoms with Crippen molar-refractivity contribution in [1.82, 2.24) is 9.46 Å². The molecule has 5 nitrogen and oxygen atoms in total. The molecule has 1 saturated heterocycles. The molecule has 0 radical (unpaired) electrons. The molecule has 2 heterocycles. The number of sulfonamides is 1. The molecule has 2 rings (SSSR count). The average Bonchev–Trinajstić information content (AvgIpc) is 2.68. The summed E-state index contributed by atoms with van der Waals surface area (Å²) in [5.74, 6) is 0.713. The van der Waals surface area contributed by atoms with Crippen molar-refractivity contribution in [2.45, 2.75) is 25.8 Å². The Kier molecular flexibility index (Phi) is 2.56. The standard InChI is InChI=1S/C9H14N2O3S/c1-7-6-8(10-14-7)9-4-3-5-11(9)15(2,12)13/h6,9H,3-5H2,1-2H3. The Labute approximate surface area is 89.1 Å². The minimum absolute atomic E-state index is 0.141. The van der Waals surface area contributed by atoms with Crippen molar-refractivity contribution in [1.29, 1.82) is 0 Å². The van der Waals surface area contributed by atoms with Gasteiger partial charge in [-0.15, -0.1) is 0 Å². The summed E-state index contributed by atoms with van der Waals surface area (Å²) in [5.41, 5.74) is 0.718. The van der Waals surface area contributed by atoms with E-state index in [1.165, 1.54) is 10.6 Å². The lowest BCUT2D eigenvalue weighted by molar-refractivity contribution is 0.351. The normalized spacial score (nSPS) is 23.5. The molecule has 1 fully saturated rings. The van der Waals surface area contributed by atoms with Gasteiger partial charge < -0.3 is 4.52 Å². The molecular weight excluding hydrogens is 216 g/mol. The van der Waals surface area contributed by atoms with Crippen LogP contribution in [-0.4, -0.2) is 30.7 Å². The van der Waals surface area contributed by atoms with Crippen LogP contribution >= 0.6 is 0 Å². The maximum atomic E-state index is 11.5. The van der Waals surface area contributed by atoms with Gasteiger partial charge in [-0.25, -0.2) is 8.42 Å². The summed E-state index contributed by atoms with van der Waals surface area (Å²) in [5, 5.41) is 3.88. The van der Waals surface area contributed by atoms with Crippen molar-refractivity contribution in [2.75, 3.05) is 12.8 Å². The Bertz CT molecular complexity index is 452. The smallest absolute Gasteiger partial charge is 0.211 e. The van der Waals surface area contributed by atoms with Gasteiger partial charge in [0.05, 0.1) is 12.3 Å².